The van der Waals surface area contributed by atoms with Gasteiger partial charge in [-0.2, -0.15) is 5.10 Å². The van der Waals surface area contributed by atoms with Gasteiger partial charge in [0, 0.05) is 55.1 Å². The van der Waals surface area contributed by atoms with E-state index in [0.717, 1.165) is 66.2 Å². The van der Waals surface area contributed by atoms with Gasteiger partial charge in [0.2, 0.25) is 5.95 Å². The third-order valence-electron chi connectivity index (χ3n) is 7.13. The van der Waals surface area contributed by atoms with Gasteiger partial charge in [0.25, 0.3) is 0 Å². The number of carboxylic acids is 1. The van der Waals surface area contributed by atoms with Crippen LogP contribution in [-0.4, -0.2) is 75.3 Å². The van der Waals surface area contributed by atoms with Crippen LogP contribution < -0.4 is 15.0 Å². The van der Waals surface area contributed by atoms with Crippen LogP contribution >= 0.6 is 0 Å². The van der Waals surface area contributed by atoms with Crippen LogP contribution in [0.5, 0.6) is 5.75 Å². The highest BCUT2D eigenvalue weighted by Crippen LogP contribution is 2.29. The van der Waals surface area contributed by atoms with Gasteiger partial charge in [-0.25, -0.2) is 9.97 Å². The highest BCUT2D eigenvalue weighted by Gasteiger charge is 2.23. The Morgan fingerprint density at radius 1 is 1.13 bits per heavy atom. The lowest BCUT2D eigenvalue weighted by atomic mass is 10.1. The molecule has 2 aliphatic heterocycles. The first-order valence-corrected chi connectivity index (χ1v) is 13.3. The quantitative estimate of drug-likeness (QED) is 0.334. The number of nitrogens with zero attached hydrogens (tertiary/aromatic N) is 6. The van der Waals surface area contributed by atoms with E-state index < -0.39 is 12.0 Å². The van der Waals surface area contributed by atoms with Crippen molar-refractivity contribution in [3.63, 3.8) is 0 Å². The number of hydrogen-bond acceptors (Lipinski definition) is 9. The van der Waals surface area contributed by atoms with Crippen molar-refractivity contribution < 1.29 is 19.4 Å². The Morgan fingerprint density at radius 2 is 1.97 bits per heavy atom. The number of carbonyl (C=O) groups is 1. The summed E-state index contributed by atoms with van der Waals surface area (Å²) >= 11 is 0. The summed E-state index contributed by atoms with van der Waals surface area (Å²) < 4.78 is 13.2. The van der Waals surface area contributed by atoms with Gasteiger partial charge < -0.3 is 24.8 Å². The lowest BCUT2D eigenvalue weighted by Gasteiger charge is -2.27. The van der Waals surface area contributed by atoms with E-state index in [9.17, 15) is 9.90 Å². The maximum atomic E-state index is 11.8. The van der Waals surface area contributed by atoms with Crippen LogP contribution in [0.1, 0.15) is 35.8 Å². The third kappa shape index (κ3) is 5.63. The molecule has 0 amide bonds. The Bertz CT molecular complexity index is 1450. The molecule has 1 saturated heterocycles. The van der Waals surface area contributed by atoms with Gasteiger partial charge in [-0.3, -0.25) is 14.5 Å². The summed E-state index contributed by atoms with van der Waals surface area (Å²) in [6, 6.07) is 9.34. The molecule has 0 aliphatic carbocycles. The third-order valence-corrected chi connectivity index (χ3v) is 7.13. The second-order valence-corrected chi connectivity index (χ2v) is 9.76. The van der Waals surface area contributed by atoms with Crippen molar-refractivity contribution in [2.75, 3.05) is 49.7 Å². The lowest BCUT2D eigenvalue weighted by molar-refractivity contribution is -0.137. The molecule has 1 fully saturated rings. The smallest absolute Gasteiger partial charge is 0.305 e. The van der Waals surface area contributed by atoms with Crippen LogP contribution in [0, 0.1) is 0 Å². The molecule has 3 aromatic heterocycles. The highest BCUT2D eigenvalue weighted by molar-refractivity contribution is 5.81. The van der Waals surface area contributed by atoms with Crippen molar-refractivity contribution >= 4 is 28.5 Å². The molecule has 0 spiro atoms. The summed E-state index contributed by atoms with van der Waals surface area (Å²) in [6.07, 6.45) is 7.81. The fourth-order valence-corrected chi connectivity index (χ4v) is 5.10. The maximum Gasteiger partial charge on any atom is 0.305 e. The number of fused-ring (bicyclic) bond motifs is 2. The van der Waals surface area contributed by atoms with Crippen LogP contribution in [-0.2, 0) is 22.4 Å². The van der Waals surface area contributed by atoms with E-state index in [1.54, 1.807) is 23.3 Å². The van der Waals surface area contributed by atoms with Crippen LogP contribution in [0.15, 0.2) is 48.9 Å². The standard InChI is InChI=1S/C28H31N7O4/c36-27(37)15-26(20-16-30-28(31-17-20)34-9-12-38-13-10-34)35-25-6-4-22(14-19(25)18-32-35)39-11-7-21-3-5-23-24(33-21)2-1-8-29-23/h3-6,14,16-18,26,29H,1-2,7-13,15H2,(H,36,37). The molecule has 11 nitrogen and oxygen atoms in total. The molecule has 202 valence electrons. The Labute approximate surface area is 225 Å². The number of anilines is 2. The summed E-state index contributed by atoms with van der Waals surface area (Å²) in [5, 5.41) is 18.4. The Morgan fingerprint density at radius 3 is 2.79 bits per heavy atom. The number of morpholine rings is 1. The minimum atomic E-state index is -0.924. The molecule has 5 heterocycles. The van der Waals surface area contributed by atoms with Crippen LogP contribution in [0.4, 0.5) is 11.6 Å². The molecular weight excluding hydrogens is 498 g/mol. The number of aryl methyl sites for hydroxylation is 1. The van der Waals surface area contributed by atoms with Gasteiger partial charge in [-0.05, 0) is 43.2 Å². The Hall–Kier alpha value is -4.25. The van der Waals surface area contributed by atoms with Gasteiger partial charge in [0.05, 0.1) is 55.4 Å². The maximum absolute atomic E-state index is 11.8. The second kappa shape index (κ2) is 11.2. The number of nitrogens with one attached hydrogen (secondary N) is 1. The van der Waals surface area contributed by atoms with E-state index in [2.05, 4.69) is 31.3 Å². The van der Waals surface area contributed by atoms with Crippen molar-refractivity contribution in [1.82, 2.24) is 24.7 Å². The molecule has 6 rings (SSSR count). The molecule has 1 aromatic carbocycles. The van der Waals surface area contributed by atoms with E-state index in [4.69, 9.17) is 14.5 Å². The highest BCUT2D eigenvalue weighted by atomic mass is 16.5. The van der Waals surface area contributed by atoms with Gasteiger partial charge in [0.1, 0.15) is 5.75 Å². The first-order chi connectivity index (χ1) is 19.1. The average molecular weight is 530 g/mol. The Kier molecular flexibility index (Phi) is 7.22. The van der Waals surface area contributed by atoms with Crippen molar-refractivity contribution in [3.05, 3.63) is 65.9 Å². The molecule has 2 N–H and O–H groups in total. The molecule has 0 bridgehead atoms. The van der Waals surface area contributed by atoms with E-state index in [1.807, 2.05) is 24.3 Å². The number of rotatable bonds is 9. The molecule has 0 saturated carbocycles. The summed E-state index contributed by atoms with van der Waals surface area (Å²) in [5.41, 5.74) is 4.78. The predicted octanol–water partition coefficient (Wildman–Crippen LogP) is 3.10. The number of aromatic nitrogens is 5. The topological polar surface area (TPSA) is 128 Å². The lowest BCUT2D eigenvalue weighted by Crippen LogP contribution is -2.37. The van der Waals surface area contributed by atoms with Crippen LogP contribution in [0.3, 0.4) is 0 Å². The zero-order valence-corrected chi connectivity index (χ0v) is 21.6. The number of pyridine rings is 1. The minimum Gasteiger partial charge on any atom is -0.493 e. The summed E-state index contributed by atoms with van der Waals surface area (Å²) in [7, 11) is 0. The van der Waals surface area contributed by atoms with Gasteiger partial charge in [-0.1, -0.05) is 0 Å². The van der Waals surface area contributed by atoms with Crippen LogP contribution in [0.2, 0.25) is 0 Å². The van der Waals surface area contributed by atoms with E-state index in [-0.39, 0.29) is 6.42 Å². The van der Waals surface area contributed by atoms with E-state index >= 15 is 0 Å². The molecule has 39 heavy (non-hydrogen) atoms. The molecular formula is C28H31N7O4. The van der Waals surface area contributed by atoms with Crippen molar-refractivity contribution in [2.45, 2.75) is 31.7 Å². The number of hydrogen-bond donors (Lipinski definition) is 2. The predicted molar refractivity (Wildman–Crippen MR) is 145 cm³/mol. The largest absolute Gasteiger partial charge is 0.493 e. The fraction of sp³-hybridized carbons (Fsp3) is 0.393. The van der Waals surface area contributed by atoms with Gasteiger partial charge in [-0.15, -0.1) is 0 Å². The summed E-state index contributed by atoms with van der Waals surface area (Å²) in [4.78, 5) is 27.6. The molecule has 1 unspecified atom stereocenters. The molecule has 0 radical (unpaired) electrons. The normalized spacial score (nSPS) is 15.9. The van der Waals surface area contributed by atoms with Gasteiger partial charge >= 0.3 is 5.97 Å². The average Bonchev–Trinajstić information content (AvgIpc) is 3.39. The molecule has 11 heteroatoms. The number of benzene rings is 1. The zero-order chi connectivity index (χ0) is 26.6. The van der Waals surface area contributed by atoms with Crippen LogP contribution in [0.25, 0.3) is 10.9 Å². The summed E-state index contributed by atoms with van der Waals surface area (Å²) in [5.74, 6) is 0.424. The van der Waals surface area contributed by atoms with Crippen molar-refractivity contribution in [2.24, 2.45) is 0 Å². The fourth-order valence-electron chi connectivity index (χ4n) is 5.10. The SMILES string of the molecule is O=C(O)CC(c1cnc(N2CCOCC2)nc1)n1ncc2cc(OCCc3ccc4c(n3)CCCN4)ccc21. The Balaban J connectivity index is 1.16. The number of carboxylic acid groups (broad SMARTS) is 1. The first-order valence-electron chi connectivity index (χ1n) is 13.3. The first kappa shape index (κ1) is 25.1. The van der Waals surface area contributed by atoms with Gasteiger partial charge in [0.15, 0.2) is 0 Å². The molecule has 1 atom stereocenters. The zero-order valence-electron chi connectivity index (χ0n) is 21.6. The van der Waals surface area contributed by atoms with Crippen molar-refractivity contribution in [3.8, 4) is 5.75 Å². The van der Waals surface area contributed by atoms with Crippen molar-refractivity contribution in [1.29, 1.82) is 0 Å². The molecule has 4 aromatic rings. The van der Waals surface area contributed by atoms with E-state index in [0.29, 0.717) is 37.8 Å². The second-order valence-electron chi connectivity index (χ2n) is 9.76. The minimum absolute atomic E-state index is 0.140. The molecule has 2 aliphatic rings. The number of ether oxygens (including phenoxy) is 2. The number of aliphatic carboxylic acids is 1. The monoisotopic (exact) mass is 529 g/mol. The van der Waals surface area contributed by atoms with E-state index in [1.165, 1.54) is 0 Å². The summed E-state index contributed by atoms with van der Waals surface area (Å²) in [6.45, 7) is 4.25.